The second kappa shape index (κ2) is 6.80. The lowest BCUT2D eigenvalue weighted by atomic mass is 10.1. The third-order valence-electron chi connectivity index (χ3n) is 3.13. The van der Waals surface area contributed by atoms with Gasteiger partial charge in [-0.2, -0.15) is 0 Å². The molecule has 1 atom stereocenters. The van der Waals surface area contributed by atoms with E-state index in [0.29, 0.717) is 11.3 Å². The second-order valence-electron chi connectivity index (χ2n) is 4.69. The number of benzene rings is 1. The largest absolute Gasteiger partial charge is 0.496 e. The number of hydrogen-bond acceptors (Lipinski definition) is 3. The summed E-state index contributed by atoms with van der Waals surface area (Å²) in [6.45, 7) is 1.98. The minimum absolute atomic E-state index is 0.0671. The molecule has 0 bridgehead atoms. The molecule has 1 aromatic carbocycles. The fourth-order valence-electron chi connectivity index (χ4n) is 2.02. The van der Waals surface area contributed by atoms with Crippen LogP contribution < -0.4 is 10.1 Å². The van der Waals surface area contributed by atoms with Gasteiger partial charge < -0.3 is 14.5 Å². The first-order valence-electron chi connectivity index (χ1n) is 6.67. The molecule has 0 aliphatic heterocycles. The van der Waals surface area contributed by atoms with Crippen molar-refractivity contribution in [1.82, 2.24) is 5.32 Å². The van der Waals surface area contributed by atoms with Gasteiger partial charge in [0.1, 0.15) is 11.5 Å². The minimum atomic E-state index is -0.116. The zero-order valence-electron chi connectivity index (χ0n) is 11.8. The maximum atomic E-state index is 12.2. The molecule has 1 amide bonds. The van der Waals surface area contributed by atoms with E-state index in [9.17, 15) is 4.79 Å². The number of aryl methyl sites for hydroxylation is 1. The summed E-state index contributed by atoms with van der Waals surface area (Å²) in [4.78, 5) is 12.2. The van der Waals surface area contributed by atoms with E-state index in [1.54, 1.807) is 25.5 Å². The zero-order valence-corrected chi connectivity index (χ0v) is 11.8. The summed E-state index contributed by atoms with van der Waals surface area (Å²) in [6.07, 6.45) is 3.29. The zero-order chi connectivity index (χ0) is 14.4. The number of ether oxygens (including phenoxy) is 1. The molecule has 2 rings (SSSR count). The summed E-state index contributed by atoms with van der Waals surface area (Å²) >= 11 is 0. The van der Waals surface area contributed by atoms with Crippen molar-refractivity contribution in [3.63, 3.8) is 0 Å². The first-order valence-corrected chi connectivity index (χ1v) is 6.67. The van der Waals surface area contributed by atoms with Gasteiger partial charge in [0.05, 0.1) is 18.9 Å². The Morgan fingerprint density at radius 3 is 2.80 bits per heavy atom. The van der Waals surface area contributed by atoms with E-state index >= 15 is 0 Å². The number of furan rings is 1. The number of hydrogen-bond donors (Lipinski definition) is 1. The third kappa shape index (κ3) is 3.63. The van der Waals surface area contributed by atoms with Crippen molar-refractivity contribution in [3.8, 4) is 5.75 Å². The molecule has 0 aliphatic rings. The molecule has 0 saturated carbocycles. The SMILES string of the molecule is COc1ccccc1C(=O)N[C@H](C)CCc1ccco1. The molecule has 2 aromatic rings. The molecule has 1 aromatic heterocycles. The van der Waals surface area contributed by atoms with Crippen molar-refractivity contribution in [1.29, 1.82) is 0 Å². The molecule has 0 fully saturated rings. The van der Waals surface area contributed by atoms with Gasteiger partial charge in [-0.1, -0.05) is 12.1 Å². The van der Waals surface area contributed by atoms with E-state index in [-0.39, 0.29) is 11.9 Å². The standard InChI is InChI=1S/C16H19NO3/c1-12(9-10-13-6-5-11-20-13)17-16(18)14-7-3-4-8-15(14)19-2/h3-8,11-12H,9-10H2,1-2H3,(H,17,18)/t12-/m1/s1. The normalized spacial score (nSPS) is 11.9. The van der Waals surface area contributed by atoms with Gasteiger partial charge in [-0.15, -0.1) is 0 Å². The van der Waals surface area contributed by atoms with Crippen LogP contribution in [0.1, 0.15) is 29.5 Å². The minimum Gasteiger partial charge on any atom is -0.496 e. The monoisotopic (exact) mass is 273 g/mol. The van der Waals surface area contributed by atoms with Crippen LogP contribution in [0.3, 0.4) is 0 Å². The molecule has 0 saturated heterocycles. The summed E-state index contributed by atoms with van der Waals surface area (Å²) < 4.78 is 10.5. The van der Waals surface area contributed by atoms with Crippen molar-refractivity contribution in [2.45, 2.75) is 25.8 Å². The summed E-state index contributed by atoms with van der Waals surface area (Å²) in [5.74, 6) is 1.40. The molecule has 0 unspecified atom stereocenters. The number of rotatable bonds is 6. The van der Waals surface area contributed by atoms with Gasteiger partial charge in [-0.05, 0) is 37.6 Å². The van der Waals surface area contributed by atoms with Crippen LogP contribution >= 0.6 is 0 Å². The van der Waals surface area contributed by atoms with Crippen molar-refractivity contribution in [2.24, 2.45) is 0 Å². The van der Waals surface area contributed by atoms with Gasteiger partial charge in [-0.3, -0.25) is 4.79 Å². The molecule has 0 aliphatic carbocycles. The number of methoxy groups -OCH3 is 1. The number of carbonyl (C=O) groups is 1. The highest BCUT2D eigenvalue weighted by atomic mass is 16.5. The van der Waals surface area contributed by atoms with Gasteiger partial charge in [-0.25, -0.2) is 0 Å². The Kier molecular flexibility index (Phi) is 4.82. The predicted octanol–water partition coefficient (Wildman–Crippen LogP) is 3.04. The third-order valence-corrected chi connectivity index (χ3v) is 3.13. The highest BCUT2D eigenvalue weighted by molar-refractivity contribution is 5.97. The summed E-state index contributed by atoms with van der Waals surface area (Å²) in [7, 11) is 1.56. The second-order valence-corrected chi connectivity index (χ2v) is 4.69. The van der Waals surface area contributed by atoms with Crippen LogP contribution in [0.2, 0.25) is 0 Å². The fourth-order valence-corrected chi connectivity index (χ4v) is 2.02. The van der Waals surface area contributed by atoms with Crippen molar-refractivity contribution < 1.29 is 13.9 Å². The van der Waals surface area contributed by atoms with E-state index < -0.39 is 0 Å². The van der Waals surface area contributed by atoms with E-state index in [4.69, 9.17) is 9.15 Å². The van der Waals surface area contributed by atoms with Gasteiger partial charge in [0.15, 0.2) is 0 Å². The molecule has 1 N–H and O–H groups in total. The molecule has 4 heteroatoms. The molecular weight excluding hydrogens is 254 g/mol. The van der Waals surface area contributed by atoms with Gasteiger partial charge in [0.2, 0.25) is 0 Å². The number of para-hydroxylation sites is 1. The van der Waals surface area contributed by atoms with E-state index in [2.05, 4.69) is 5.32 Å². The highest BCUT2D eigenvalue weighted by Gasteiger charge is 2.14. The number of nitrogens with one attached hydrogen (secondary N) is 1. The van der Waals surface area contributed by atoms with Crippen molar-refractivity contribution in [3.05, 3.63) is 54.0 Å². The summed E-state index contributed by atoms with van der Waals surface area (Å²) in [6, 6.07) is 11.1. The van der Waals surface area contributed by atoms with Crippen LogP contribution in [0.5, 0.6) is 5.75 Å². The van der Waals surface area contributed by atoms with E-state index in [1.165, 1.54) is 0 Å². The molecule has 20 heavy (non-hydrogen) atoms. The molecular formula is C16H19NO3. The number of amides is 1. The molecule has 0 radical (unpaired) electrons. The Labute approximate surface area is 118 Å². The lowest BCUT2D eigenvalue weighted by Crippen LogP contribution is -2.33. The van der Waals surface area contributed by atoms with Gasteiger partial charge >= 0.3 is 0 Å². The average Bonchev–Trinajstić information content (AvgIpc) is 2.98. The lowest BCUT2D eigenvalue weighted by Gasteiger charge is -2.14. The topological polar surface area (TPSA) is 51.5 Å². The maximum Gasteiger partial charge on any atom is 0.255 e. The smallest absolute Gasteiger partial charge is 0.255 e. The molecule has 4 nitrogen and oxygen atoms in total. The van der Waals surface area contributed by atoms with Crippen molar-refractivity contribution in [2.75, 3.05) is 7.11 Å². The van der Waals surface area contributed by atoms with Crippen LogP contribution in [-0.4, -0.2) is 19.1 Å². The summed E-state index contributed by atoms with van der Waals surface area (Å²) in [5, 5.41) is 2.97. The summed E-state index contributed by atoms with van der Waals surface area (Å²) in [5.41, 5.74) is 0.555. The van der Waals surface area contributed by atoms with Crippen LogP contribution in [-0.2, 0) is 6.42 Å². The Morgan fingerprint density at radius 2 is 2.10 bits per heavy atom. The first-order chi connectivity index (χ1) is 9.70. The first kappa shape index (κ1) is 14.2. The van der Waals surface area contributed by atoms with Crippen molar-refractivity contribution >= 4 is 5.91 Å². The van der Waals surface area contributed by atoms with E-state index in [0.717, 1.165) is 18.6 Å². The molecule has 106 valence electrons. The predicted molar refractivity (Wildman–Crippen MR) is 77.0 cm³/mol. The molecule has 0 spiro atoms. The highest BCUT2D eigenvalue weighted by Crippen LogP contribution is 2.17. The van der Waals surface area contributed by atoms with Crippen LogP contribution in [0.4, 0.5) is 0 Å². The van der Waals surface area contributed by atoms with E-state index in [1.807, 2.05) is 31.2 Å². The van der Waals surface area contributed by atoms with Gasteiger partial charge in [0, 0.05) is 12.5 Å². The van der Waals surface area contributed by atoms with Gasteiger partial charge in [0.25, 0.3) is 5.91 Å². The quantitative estimate of drug-likeness (QED) is 0.880. The van der Waals surface area contributed by atoms with Crippen LogP contribution in [0.25, 0.3) is 0 Å². The average molecular weight is 273 g/mol. The Bertz CT molecular complexity index is 549. The van der Waals surface area contributed by atoms with Crippen LogP contribution in [0, 0.1) is 0 Å². The maximum absolute atomic E-state index is 12.2. The Hall–Kier alpha value is -2.23. The lowest BCUT2D eigenvalue weighted by molar-refractivity contribution is 0.0935. The van der Waals surface area contributed by atoms with Crippen LogP contribution in [0.15, 0.2) is 47.1 Å². The molecule has 1 heterocycles. The fraction of sp³-hybridized carbons (Fsp3) is 0.312. The Balaban J connectivity index is 1.90. The number of carbonyl (C=O) groups excluding carboxylic acids is 1. The Morgan fingerprint density at radius 1 is 1.30 bits per heavy atom.